The molecule has 1 amide bonds. The van der Waals surface area contributed by atoms with Crippen LogP contribution in [0.1, 0.15) is 6.42 Å². The highest BCUT2D eigenvalue weighted by atomic mass is 79.9. The number of hydrogen-bond donors (Lipinski definition) is 0. The molecule has 0 aliphatic carbocycles. The predicted octanol–water partition coefficient (Wildman–Crippen LogP) is 2.23. The lowest BCUT2D eigenvalue weighted by Crippen LogP contribution is -2.24. The summed E-state index contributed by atoms with van der Waals surface area (Å²) in [4.78, 5) is 22.7. The zero-order chi connectivity index (χ0) is 12.6. The number of hydrogen-bond acceptors (Lipinski definition) is 3. The van der Waals surface area contributed by atoms with Gasteiger partial charge in [0.05, 0.1) is 4.92 Å². The van der Waals surface area contributed by atoms with Crippen molar-refractivity contribution in [2.75, 3.05) is 11.4 Å². The number of amides is 1. The van der Waals surface area contributed by atoms with E-state index in [9.17, 15) is 19.3 Å². The average molecular weight is 303 g/mol. The zero-order valence-electron chi connectivity index (χ0n) is 8.60. The van der Waals surface area contributed by atoms with Crippen molar-refractivity contribution < 1.29 is 14.1 Å². The van der Waals surface area contributed by atoms with E-state index in [1.54, 1.807) is 0 Å². The van der Waals surface area contributed by atoms with Gasteiger partial charge < -0.3 is 4.90 Å². The lowest BCUT2D eigenvalue weighted by molar-refractivity contribution is -0.387. The lowest BCUT2D eigenvalue weighted by Gasteiger charge is -2.15. The van der Waals surface area contributed by atoms with E-state index >= 15 is 0 Å². The molecule has 1 fully saturated rings. The highest BCUT2D eigenvalue weighted by Gasteiger charge is 2.29. The Morgan fingerprint density at radius 3 is 2.71 bits per heavy atom. The van der Waals surface area contributed by atoms with Crippen molar-refractivity contribution in [3.63, 3.8) is 0 Å². The number of anilines is 1. The fraction of sp³-hybridized carbons (Fsp3) is 0.300. The Morgan fingerprint density at radius 2 is 2.24 bits per heavy atom. The molecular formula is C10H8BrFN2O3. The average Bonchev–Trinajstić information content (AvgIpc) is 2.57. The molecule has 1 aromatic carbocycles. The Labute approximate surface area is 104 Å². The van der Waals surface area contributed by atoms with E-state index in [1.807, 2.05) is 0 Å². The number of rotatable bonds is 2. The van der Waals surface area contributed by atoms with Crippen LogP contribution < -0.4 is 4.90 Å². The van der Waals surface area contributed by atoms with Crippen LogP contribution in [0.25, 0.3) is 0 Å². The first-order valence-corrected chi connectivity index (χ1v) is 5.79. The Morgan fingerprint density at radius 1 is 1.53 bits per heavy atom. The van der Waals surface area contributed by atoms with Gasteiger partial charge in [0, 0.05) is 35.6 Å². The van der Waals surface area contributed by atoms with E-state index in [4.69, 9.17) is 0 Å². The first kappa shape index (κ1) is 12.0. The van der Waals surface area contributed by atoms with Gasteiger partial charge in [-0.1, -0.05) is 15.9 Å². The number of nitro benzene ring substituents is 1. The van der Waals surface area contributed by atoms with Crippen molar-refractivity contribution in [1.82, 2.24) is 0 Å². The fourth-order valence-corrected chi connectivity index (χ4v) is 2.29. The second kappa shape index (κ2) is 4.40. The first-order valence-electron chi connectivity index (χ1n) is 4.87. The van der Waals surface area contributed by atoms with Gasteiger partial charge in [0.2, 0.25) is 11.7 Å². The normalized spacial score (nSPS) is 19.8. The van der Waals surface area contributed by atoms with Crippen LogP contribution in [0.2, 0.25) is 0 Å². The van der Waals surface area contributed by atoms with Gasteiger partial charge >= 0.3 is 5.69 Å². The summed E-state index contributed by atoms with van der Waals surface area (Å²) in [5, 5.41) is 10.4. The van der Waals surface area contributed by atoms with Crippen molar-refractivity contribution in [3.8, 4) is 0 Å². The summed E-state index contributed by atoms with van der Waals surface area (Å²) in [6.07, 6.45) is 0.346. The quantitative estimate of drug-likeness (QED) is 0.478. The number of nitrogens with zero attached hydrogens (tertiary/aromatic N) is 2. The van der Waals surface area contributed by atoms with E-state index in [0.29, 0.717) is 18.7 Å². The second-order valence-corrected chi connectivity index (χ2v) is 4.99. The molecule has 0 saturated carbocycles. The van der Waals surface area contributed by atoms with Crippen LogP contribution in [-0.4, -0.2) is 22.2 Å². The van der Waals surface area contributed by atoms with E-state index in [0.717, 1.165) is 12.1 Å². The third kappa shape index (κ3) is 2.28. The van der Waals surface area contributed by atoms with Gasteiger partial charge in [-0.25, -0.2) is 0 Å². The molecule has 0 aromatic heterocycles. The van der Waals surface area contributed by atoms with Gasteiger partial charge in [-0.15, -0.1) is 0 Å². The summed E-state index contributed by atoms with van der Waals surface area (Å²) >= 11 is 3.31. The summed E-state index contributed by atoms with van der Waals surface area (Å²) in [6, 6.07) is 3.46. The van der Waals surface area contributed by atoms with Crippen LogP contribution in [0.3, 0.4) is 0 Å². The Balaban J connectivity index is 2.32. The summed E-state index contributed by atoms with van der Waals surface area (Å²) in [5.41, 5.74) is -0.240. The van der Waals surface area contributed by atoms with Crippen LogP contribution in [-0.2, 0) is 4.79 Å². The minimum Gasteiger partial charge on any atom is -0.311 e. The molecule has 17 heavy (non-hydrogen) atoms. The third-order valence-electron chi connectivity index (χ3n) is 2.52. The highest BCUT2D eigenvalue weighted by Crippen LogP contribution is 2.28. The molecule has 1 heterocycles. The molecular weight excluding hydrogens is 295 g/mol. The van der Waals surface area contributed by atoms with Crippen molar-refractivity contribution in [3.05, 3.63) is 34.1 Å². The van der Waals surface area contributed by atoms with Gasteiger partial charge in [-0.2, -0.15) is 4.39 Å². The largest absolute Gasteiger partial charge is 0.311 e. The molecule has 1 atom stereocenters. The van der Waals surface area contributed by atoms with Crippen LogP contribution in [0, 0.1) is 15.9 Å². The van der Waals surface area contributed by atoms with E-state index in [1.165, 1.54) is 11.0 Å². The van der Waals surface area contributed by atoms with E-state index in [-0.39, 0.29) is 10.7 Å². The molecule has 1 unspecified atom stereocenters. The second-order valence-electron chi connectivity index (χ2n) is 3.70. The van der Waals surface area contributed by atoms with Crippen molar-refractivity contribution in [2.24, 2.45) is 0 Å². The maximum atomic E-state index is 13.4. The monoisotopic (exact) mass is 302 g/mol. The van der Waals surface area contributed by atoms with E-state index in [2.05, 4.69) is 15.9 Å². The molecule has 1 aliphatic heterocycles. The van der Waals surface area contributed by atoms with Crippen LogP contribution in [0.5, 0.6) is 0 Å². The summed E-state index contributed by atoms with van der Waals surface area (Å²) < 4.78 is 13.4. The zero-order valence-corrected chi connectivity index (χ0v) is 10.2. The number of carbonyl (C=O) groups excluding carboxylic acids is 1. The smallest absolute Gasteiger partial charge is 0.304 e. The lowest BCUT2D eigenvalue weighted by atomic mass is 10.2. The van der Waals surface area contributed by atoms with Gasteiger partial charge in [0.15, 0.2) is 0 Å². The Bertz CT molecular complexity index is 494. The molecule has 0 spiro atoms. The predicted molar refractivity (Wildman–Crippen MR) is 62.7 cm³/mol. The minimum atomic E-state index is -0.932. The third-order valence-corrected chi connectivity index (χ3v) is 3.13. The molecule has 0 radical (unpaired) electrons. The number of halogens is 2. The van der Waals surface area contributed by atoms with Crippen molar-refractivity contribution >= 4 is 33.2 Å². The van der Waals surface area contributed by atoms with Crippen LogP contribution >= 0.6 is 15.9 Å². The molecule has 90 valence electrons. The molecule has 1 saturated heterocycles. The standard InChI is InChI=1S/C10H8BrFN2O3/c11-6-3-10(15)13(5-6)7-1-2-9(14(16)17)8(12)4-7/h1-2,4,6H,3,5H2. The number of alkyl halides is 1. The highest BCUT2D eigenvalue weighted by molar-refractivity contribution is 9.09. The van der Waals surface area contributed by atoms with E-state index < -0.39 is 16.4 Å². The molecule has 0 N–H and O–H groups in total. The van der Waals surface area contributed by atoms with Crippen LogP contribution in [0.15, 0.2) is 18.2 Å². The maximum Gasteiger partial charge on any atom is 0.304 e. The van der Waals surface area contributed by atoms with Gasteiger partial charge in [-0.3, -0.25) is 14.9 Å². The van der Waals surface area contributed by atoms with Crippen LogP contribution in [0.4, 0.5) is 15.8 Å². The minimum absolute atomic E-state index is 0.0354. The molecule has 0 bridgehead atoms. The van der Waals surface area contributed by atoms with Gasteiger partial charge in [-0.05, 0) is 6.07 Å². The number of benzene rings is 1. The summed E-state index contributed by atoms with van der Waals surface area (Å²) in [5.74, 6) is -1.06. The molecule has 2 rings (SSSR count). The Hall–Kier alpha value is -1.50. The topological polar surface area (TPSA) is 63.5 Å². The molecule has 5 nitrogen and oxygen atoms in total. The Kier molecular flexibility index (Phi) is 3.10. The maximum absolute atomic E-state index is 13.4. The summed E-state index contributed by atoms with van der Waals surface area (Å²) in [7, 11) is 0. The van der Waals surface area contributed by atoms with Crippen molar-refractivity contribution in [2.45, 2.75) is 11.2 Å². The van der Waals surface area contributed by atoms with Crippen molar-refractivity contribution in [1.29, 1.82) is 0 Å². The summed E-state index contributed by atoms with van der Waals surface area (Å²) in [6.45, 7) is 0.441. The molecule has 7 heteroatoms. The number of carbonyl (C=O) groups is 1. The van der Waals surface area contributed by atoms with Gasteiger partial charge in [0.25, 0.3) is 0 Å². The fourth-order valence-electron chi connectivity index (χ4n) is 1.73. The number of nitro groups is 1. The molecule has 1 aromatic rings. The first-order chi connectivity index (χ1) is 7.99. The van der Waals surface area contributed by atoms with Gasteiger partial charge in [0.1, 0.15) is 0 Å². The molecule has 1 aliphatic rings. The SMILES string of the molecule is O=C1CC(Br)CN1c1ccc([N+](=O)[O-])c(F)c1.